The van der Waals surface area contributed by atoms with Gasteiger partial charge in [0.05, 0.1) is 6.61 Å². The fourth-order valence-corrected chi connectivity index (χ4v) is 5.45. The van der Waals surface area contributed by atoms with Crippen LogP contribution in [0.1, 0.15) is 137 Å². The van der Waals surface area contributed by atoms with Gasteiger partial charge in [0, 0.05) is 12.8 Å². The lowest BCUT2D eigenvalue weighted by atomic mass is 9.52. The standard InChI is InChI=1S/C33H56O3/c1-6-7-8-9-10-11-12-13-14-15-16-17-18-19-20-23-32(35)36-26-21-22-28(2)30-27-33(4,5)31(30)25-24-29(3)34/h10-11,13-14,30-31H,2,6-9,12,15-27H2,1,3-5H3/t30-,31-/m0/s1. The molecule has 0 heterocycles. The van der Waals surface area contributed by atoms with Gasteiger partial charge >= 0.3 is 5.97 Å². The van der Waals surface area contributed by atoms with Crippen LogP contribution in [0.5, 0.6) is 0 Å². The second kappa shape index (κ2) is 19.5. The third kappa shape index (κ3) is 14.8. The minimum Gasteiger partial charge on any atom is -0.466 e. The highest BCUT2D eigenvalue weighted by Gasteiger charge is 2.47. The molecule has 3 heteroatoms. The van der Waals surface area contributed by atoms with Crippen LogP contribution in [0.4, 0.5) is 0 Å². The number of rotatable bonds is 22. The summed E-state index contributed by atoms with van der Waals surface area (Å²) in [6, 6.07) is 0. The van der Waals surface area contributed by atoms with E-state index in [9.17, 15) is 9.59 Å². The third-order valence-electron chi connectivity index (χ3n) is 7.80. The molecule has 1 aliphatic rings. The average Bonchev–Trinajstić information content (AvgIpc) is 2.82. The summed E-state index contributed by atoms with van der Waals surface area (Å²) in [7, 11) is 0. The second-order valence-electron chi connectivity index (χ2n) is 11.6. The molecule has 1 fully saturated rings. The molecule has 1 aliphatic carbocycles. The molecule has 0 unspecified atom stereocenters. The smallest absolute Gasteiger partial charge is 0.305 e. The van der Waals surface area contributed by atoms with E-state index in [1.54, 1.807) is 6.92 Å². The van der Waals surface area contributed by atoms with E-state index in [0.717, 1.165) is 51.4 Å². The maximum atomic E-state index is 12.0. The number of Topliss-reactive ketones (excluding diaryl/α,β-unsaturated/α-hetero) is 1. The Morgan fingerprint density at radius 2 is 1.50 bits per heavy atom. The molecule has 0 aromatic heterocycles. The van der Waals surface area contributed by atoms with E-state index in [1.807, 2.05) is 0 Å². The molecule has 0 N–H and O–H groups in total. The molecular weight excluding hydrogens is 444 g/mol. The molecule has 1 saturated carbocycles. The number of unbranched alkanes of at least 4 members (excludes halogenated alkanes) is 8. The van der Waals surface area contributed by atoms with Crippen LogP contribution in [0.15, 0.2) is 36.5 Å². The highest BCUT2D eigenvalue weighted by atomic mass is 16.5. The maximum absolute atomic E-state index is 12.0. The number of allylic oxidation sites excluding steroid dienone is 5. The Labute approximate surface area is 223 Å². The minimum absolute atomic E-state index is 0.0598. The van der Waals surface area contributed by atoms with Crippen molar-refractivity contribution in [2.24, 2.45) is 17.3 Å². The number of hydrogen-bond donors (Lipinski definition) is 0. The van der Waals surface area contributed by atoms with Gasteiger partial charge in [-0.3, -0.25) is 4.79 Å². The molecule has 0 saturated heterocycles. The molecule has 0 radical (unpaired) electrons. The van der Waals surface area contributed by atoms with E-state index in [1.165, 1.54) is 50.5 Å². The van der Waals surface area contributed by atoms with E-state index >= 15 is 0 Å². The zero-order valence-corrected chi connectivity index (χ0v) is 24.1. The molecule has 206 valence electrons. The number of carbonyl (C=O) groups is 2. The molecule has 0 aromatic carbocycles. The molecule has 0 amide bonds. The van der Waals surface area contributed by atoms with Gasteiger partial charge in [0.2, 0.25) is 0 Å². The van der Waals surface area contributed by atoms with Crippen molar-refractivity contribution in [2.45, 2.75) is 137 Å². The first kappa shape index (κ1) is 32.4. The summed E-state index contributed by atoms with van der Waals surface area (Å²) in [5.74, 6) is 1.28. The first-order chi connectivity index (χ1) is 17.3. The lowest BCUT2D eigenvalue weighted by Crippen LogP contribution is -2.44. The van der Waals surface area contributed by atoms with Gasteiger partial charge in [-0.2, -0.15) is 0 Å². The highest BCUT2D eigenvalue weighted by Crippen LogP contribution is 2.55. The van der Waals surface area contributed by atoms with Crippen molar-refractivity contribution in [1.82, 2.24) is 0 Å². The van der Waals surface area contributed by atoms with E-state index in [-0.39, 0.29) is 11.8 Å². The minimum atomic E-state index is -0.0598. The Morgan fingerprint density at radius 3 is 2.14 bits per heavy atom. The number of ketones is 1. The quantitative estimate of drug-likeness (QED) is 0.0844. The number of carbonyl (C=O) groups excluding carboxylic acids is 2. The number of ether oxygens (including phenoxy) is 1. The third-order valence-corrected chi connectivity index (χ3v) is 7.80. The van der Waals surface area contributed by atoms with Crippen molar-refractivity contribution in [3.05, 3.63) is 36.5 Å². The molecule has 36 heavy (non-hydrogen) atoms. The number of hydrogen-bond acceptors (Lipinski definition) is 3. The summed E-state index contributed by atoms with van der Waals surface area (Å²) in [5.41, 5.74) is 1.57. The topological polar surface area (TPSA) is 43.4 Å². The predicted octanol–water partition coefficient (Wildman–Crippen LogP) is 9.71. The SMILES string of the molecule is C=C(CCCOC(=O)CCCCCCCC=CCC=CCCCCC)[C@@H]1CC(C)(C)[C@H]1CCC(C)=O. The van der Waals surface area contributed by atoms with Gasteiger partial charge < -0.3 is 9.53 Å². The fourth-order valence-electron chi connectivity index (χ4n) is 5.45. The highest BCUT2D eigenvalue weighted by molar-refractivity contribution is 5.75. The van der Waals surface area contributed by atoms with E-state index in [0.29, 0.717) is 36.7 Å². The largest absolute Gasteiger partial charge is 0.466 e. The van der Waals surface area contributed by atoms with Gasteiger partial charge in [0.15, 0.2) is 0 Å². The normalized spacial score (nSPS) is 19.0. The fraction of sp³-hybridized carbons (Fsp3) is 0.758. The van der Waals surface area contributed by atoms with Crippen LogP contribution < -0.4 is 0 Å². The van der Waals surface area contributed by atoms with Crippen molar-refractivity contribution in [3.8, 4) is 0 Å². The van der Waals surface area contributed by atoms with Gasteiger partial charge in [-0.15, -0.1) is 0 Å². The Hall–Kier alpha value is -1.64. The molecule has 0 aliphatic heterocycles. The lowest BCUT2D eigenvalue weighted by Gasteiger charge is -2.53. The van der Waals surface area contributed by atoms with Gasteiger partial charge in [0.25, 0.3) is 0 Å². The van der Waals surface area contributed by atoms with Crippen molar-refractivity contribution >= 4 is 11.8 Å². The van der Waals surface area contributed by atoms with Gasteiger partial charge in [-0.1, -0.05) is 89.3 Å². The zero-order valence-electron chi connectivity index (χ0n) is 24.1. The van der Waals surface area contributed by atoms with E-state index in [4.69, 9.17) is 4.74 Å². The lowest BCUT2D eigenvalue weighted by molar-refractivity contribution is -0.143. The van der Waals surface area contributed by atoms with Gasteiger partial charge in [-0.25, -0.2) is 0 Å². The average molecular weight is 501 g/mol. The Balaban J connectivity index is 1.97. The van der Waals surface area contributed by atoms with Gasteiger partial charge in [0.1, 0.15) is 5.78 Å². The Morgan fingerprint density at radius 1 is 0.861 bits per heavy atom. The summed E-state index contributed by atoms with van der Waals surface area (Å²) in [4.78, 5) is 23.4. The molecule has 0 aromatic rings. The summed E-state index contributed by atoms with van der Waals surface area (Å²) >= 11 is 0. The first-order valence-corrected chi connectivity index (χ1v) is 14.9. The Kier molecular flexibility index (Phi) is 17.5. The maximum Gasteiger partial charge on any atom is 0.305 e. The van der Waals surface area contributed by atoms with E-state index < -0.39 is 0 Å². The molecule has 2 atom stereocenters. The molecular formula is C33H56O3. The first-order valence-electron chi connectivity index (χ1n) is 14.9. The summed E-state index contributed by atoms with van der Waals surface area (Å²) in [6.07, 6.45) is 27.3. The monoisotopic (exact) mass is 500 g/mol. The van der Waals surface area contributed by atoms with E-state index in [2.05, 4.69) is 51.7 Å². The van der Waals surface area contributed by atoms with Crippen molar-refractivity contribution in [3.63, 3.8) is 0 Å². The second-order valence-corrected chi connectivity index (χ2v) is 11.6. The predicted molar refractivity (Wildman–Crippen MR) is 154 cm³/mol. The zero-order chi connectivity index (χ0) is 26.7. The van der Waals surface area contributed by atoms with Crippen LogP contribution in [-0.2, 0) is 14.3 Å². The number of esters is 1. The van der Waals surface area contributed by atoms with Crippen molar-refractivity contribution in [1.29, 1.82) is 0 Å². The van der Waals surface area contributed by atoms with Crippen LogP contribution in [-0.4, -0.2) is 18.4 Å². The van der Waals surface area contributed by atoms with Crippen molar-refractivity contribution in [2.75, 3.05) is 6.61 Å². The van der Waals surface area contributed by atoms with Crippen LogP contribution in [0.3, 0.4) is 0 Å². The summed E-state index contributed by atoms with van der Waals surface area (Å²) in [6.45, 7) is 13.3. The molecule has 3 nitrogen and oxygen atoms in total. The molecule has 0 spiro atoms. The Bertz CT molecular complexity index is 685. The summed E-state index contributed by atoms with van der Waals surface area (Å²) in [5, 5.41) is 0. The van der Waals surface area contributed by atoms with Crippen LogP contribution in [0.25, 0.3) is 0 Å². The van der Waals surface area contributed by atoms with Crippen LogP contribution in [0.2, 0.25) is 0 Å². The van der Waals surface area contributed by atoms with Crippen LogP contribution >= 0.6 is 0 Å². The summed E-state index contributed by atoms with van der Waals surface area (Å²) < 4.78 is 5.45. The van der Waals surface area contributed by atoms with Crippen molar-refractivity contribution < 1.29 is 14.3 Å². The van der Waals surface area contributed by atoms with Gasteiger partial charge in [-0.05, 0) is 88.4 Å². The van der Waals surface area contributed by atoms with Crippen LogP contribution in [0, 0.1) is 17.3 Å². The molecule has 1 rings (SSSR count). The molecule has 0 bridgehead atoms.